The Morgan fingerprint density at radius 3 is 2.88 bits per heavy atom. The van der Waals surface area contributed by atoms with Crippen molar-refractivity contribution in [3.05, 3.63) is 28.2 Å². The van der Waals surface area contributed by atoms with Crippen molar-refractivity contribution < 1.29 is 5.11 Å². The molecule has 2 atom stereocenters. The largest absolute Gasteiger partial charge is 0.389 e. The van der Waals surface area contributed by atoms with E-state index in [1.54, 1.807) is 6.92 Å². The van der Waals surface area contributed by atoms with Crippen molar-refractivity contribution in [2.24, 2.45) is 0 Å². The number of thioether (sulfide) groups is 1. The molecule has 2 rings (SSSR count). The molecule has 1 saturated heterocycles. The summed E-state index contributed by atoms with van der Waals surface area (Å²) in [6.45, 7) is 6.26. The molecular weight excluding hydrogens is 298 g/mol. The van der Waals surface area contributed by atoms with Gasteiger partial charge in [0.15, 0.2) is 0 Å². The van der Waals surface area contributed by atoms with Crippen LogP contribution < -0.4 is 4.90 Å². The Balaban J connectivity index is 2.21. The molecule has 1 aromatic carbocycles. The van der Waals surface area contributed by atoms with Gasteiger partial charge in [-0.1, -0.05) is 13.0 Å². The van der Waals surface area contributed by atoms with Crippen LogP contribution in [0.1, 0.15) is 25.5 Å². The van der Waals surface area contributed by atoms with Gasteiger partial charge in [-0.15, -0.1) is 0 Å². The Bertz CT molecular complexity index is 397. The number of rotatable bonds is 2. The van der Waals surface area contributed by atoms with Gasteiger partial charge in [-0.25, -0.2) is 0 Å². The van der Waals surface area contributed by atoms with Gasteiger partial charge in [0.2, 0.25) is 0 Å². The van der Waals surface area contributed by atoms with E-state index in [1.165, 1.54) is 11.4 Å². The molecular formula is C13H18BrNOS. The first-order chi connectivity index (χ1) is 8.08. The summed E-state index contributed by atoms with van der Waals surface area (Å²) >= 11 is 5.64. The maximum atomic E-state index is 9.55. The average Bonchev–Trinajstić information content (AvgIpc) is 2.28. The summed E-state index contributed by atoms with van der Waals surface area (Å²) in [6, 6.07) is 6.14. The minimum atomic E-state index is -0.406. The average molecular weight is 316 g/mol. The van der Waals surface area contributed by atoms with Gasteiger partial charge in [-0.2, -0.15) is 11.8 Å². The third-order valence-corrected chi connectivity index (χ3v) is 4.81. The van der Waals surface area contributed by atoms with Crippen molar-refractivity contribution in [2.75, 3.05) is 23.7 Å². The second-order valence-corrected chi connectivity index (χ2v) is 6.91. The third kappa shape index (κ3) is 3.18. The lowest BCUT2D eigenvalue weighted by Gasteiger charge is -2.33. The lowest BCUT2D eigenvalue weighted by Crippen LogP contribution is -2.36. The molecule has 0 aliphatic carbocycles. The zero-order chi connectivity index (χ0) is 12.4. The van der Waals surface area contributed by atoms with E-state index in [2.05, 4.69) is 33.8 Å². The number of hydrogen-bond acceptors (Lipinski definition) is 3. The first-order valence-corrected chi connectivity index (χ1v) is 7.76. The van der Waals surface area contributed by atoms with Crippen molar-refractivity contribution in [1.82, 2.24) is 0 Å². The van der Waals surface area contributed by atoms with Gasteiger partial charge in [0.1, 0.15) is 0 Å². The molecule has 4 heteroatoms. The van der Waals surface area contributed by atoms with Crippen LogP contribution in [0.15, 0.2) is 22.7 Å². The highest BCUT2D eigenvalue weighted by molar-refractivity contribution is 9.10. The zero-order valence-corrected chi connectivity index (χ0v) is 12.6. The molecule has 1 aliphatic rings. The fraction of sp³-hybridized carbons (Fsp3) is 0.538. The van der Waals surface area contributed by atoms with Crippen molar-refractivity contribution in [3.8, 4) is 0 Å². The maximum absolute atomic E-state index is 9.55. The summed E-state index contributed by atoms with van der Waals surface area (Å²) in [4.78, 5) is 2.41. The van der Waals surface area contributed by atoms with Gasteiger partial charge in [0, 0.05) is 28.6 Å². The highest BCUT2D eigenvalue weighted by Gasteiger charge is 2.19. The molecule has 0 radical (unpaired) electrons. The van der Waals surface area contributed by atoms with E-state index in [4.69, 9.17) is 0 Å². The normalized spacial score (nSPS) is 22.6. The van der Waals surface area contributed by atoms with Crippen LogP contribution in [0.2, 0.25) is 0 Å². The van der Waals surface area contributed by atoms with Crippen LogP contribution in [0.3, 0.4) is 0 Å². The topological polar surface area (TPSA) is 23.5 Å². The maximum Gasteiger partial charge on any atom is 0.0762 e. The Morgan fingerprint density at radius 2 is 2.29 bits per heavy atom. The van der Waals surface area contributed by atoms with Gasteiger partial charge in [-0.3, -0.25) is 0 Å². The quantitative estimate of drug-likeness (QED) is 0.904. The second kappa shape index (κ2) is 5.63. The number of aliphatic hydroxyl groups is 1. The van der Waals surface area contributed by atoms with E-state index in [1.807, 2.05) is 23.9 Å². The van der Waals surface area contributed by atoms with Crippen LogP contribution in [0.25, 0.3) is 0 Å². The minimum Gasteiger partial charge on any atom is -0.389 e. The Hall–Kier alpha value is -0.190. The highest BCUT2D eigenvalue weighted by Crippen LogP contribution is 2.32. The Labute approximate surface area is 116 Å². The first kappa shape index (κ1) is 13.2. The molecule has 1 heterocycles. The van der Waals surface area contributed by atoms with E-state index >= 15 is 0 Å². The summed E-state index contributed by atoms with van der Waals surface area (Å²) in [6.07, 6.45) is -0.406. The molecule has 1 aliphatic heterocycles. The fourth-order valence-corrected chi connectivity index (χ4v) is 3.74. The van der Waals surface area contributed by atoms with Gasteiger partial charge in [0.25, 0.3) is 0 Å². The summed E-state index contributed by atoms with van der Waals surface area (Å²) in [5, 5.41) is 10.2. The summed E-state index contributed by atoms with van der Waals surface area (Å²) in [5.41, 5.74) is 2.20. The van der Waals surface area contributed by atoms with Crippen molar-refractivity contribution in [3.63, 3.8) is 0 Å². The predicted molar refractivity (Wildman–Crippen MR) is 78.9 cm³/mol. The summed E-state index contributed by atoms with van der Waals surface area (Å²) in [5.74, 6) is 1.19. The van der Waals surface area contributed by atoms with Crippen LogP contribution >= 0.6 is 27.7 Å². The van der Waals surface area contributed by atoms with Crippen molar-refractivity contribution in [1.29, 1.82) is 0 Å². The number of benzene rings is 1. The van der Waals surface area contributed by atoms with Gasteiger partial charge >= 0.3 is 0 Å². The molecule has 94 valence electrons. The van der Waals surface area contributed by atoms with Crippen molar-refractivity contribution >= 4 is 33.4 Å². The molecule has 0 amide bonds. The van der Waals surface area contributed by atoms with Gasteiger partial charge in [0.05, 0.1) is 11.8 Å². The number of halogens is 1. The standard InChI is InChI=1S/C13H18BrNOS/c1-9-8-15(5-6-17-9)13-4-3-11(10(2)16)7-12(13)14/h3-4,7,9-10,16H,5-6,8H2,1-2H3. The predicted octanol–water partition coefficient (Wildman–Crippen LogP) is 3.44. The van der Waals surface area contributed by atoms with Crippen molar-refractivity contribution in [2.45, 2.75) is 25.2 Å². The number of aliphatic hydroxyl groups excluding tert-OH is 1. The smallest absolute Gasteiger partial charge is 0.0762 e. The van der Waals surface area contributed by atoms with E-state index in [0.717, 1.165) is 23.1 Å². The lowest BCUT2D eigenvalue weighted by molar-refractivity contribution is 0.199. The minimum absolute atomic E-state index is 0.406. The fourth-order valence-electron chi connectivity index (χ4n) is 2.08. The van der Waals surface area contributed by atoms with E-state index < -0.39 is 6.10 Å². The molecule has 0 spiro atoms. The molecule has 0 aromatic heterocycles. The molecule has 0 saturated carbocycles. The highest BCUT2D eigenvalue weighted by atomic mass is 79.9. The number of nitrogens with zero attached hydrogens (tertiary/aromatic N) is 1. The molecule has 17 heavy (non-hydrogen) atoms. The monoisotopic (exact) mass is 315 g/mol. The SMILES string of the molecule is CC1CN(c2ccc(C(C)O)cc2Br)CCS1. The lowest BCUT2D eigenvalue weighted by atomic mass is 10.1. The van der Waals surface area contributed by atoms with E-state index in [-0.39, 0.29) is 0 Å². The van der Waals surface area contributed by atoms with Crippen LogP contribution in [0, 0.1) is 0 Å². The zero-order valence-electron chi connectivity index (χ0n) is 10.2. The number of anilines is 1. The second-order valence-electron chi connectivity index (χ2n) is 4.51. The van der Waals surface area contributed by atoms with Crippen LogP contribution in [-0.4, -0.2) is 29.2 Å². The molecule has 1 aromatic rings. The van der Waals surface area contributed by atoms with E-state index in [9.17, 15) is 5.11 Å². The third-order valence-electron chi connectivity index (χ3n) is 3.04. The Kier molecular flexibility index (Phi) is 4.39. The molecule has 2 unspecified atom stereocenters. The molecule has 0 bridgehead atoms. The molecule has 2 nitrogen and oxygen atoms in total. The van der Waals surface area contributed by atoms with Crippen LogP contribution in [-0.2, 0) is 0 Å². The van der Waals surface area contributed by atoms with Gasteiger partial charge < -0.3 is 10.0 Å². The molecule has 1 fully saturated rings. The van der Waals surface area contributed by atoms with E-state index in [0.29, 0.717) is 5.25 Å². The van der Waals surface area contributed by atoms with Crippen LogP contribution in [0.5, 0.6) is 0 Å². The van der Waals surface area contributed by atoms with Crippen LogP contribution in [0.4, 0.5) is 5.69 Å². The molecule has 1 N–H and O–H groups in total. The summed E-state index contributed by atoms with van der Waals surface area (Å²) < 4.78 is 1.08. The Morgan fingerprint density at radius 1 is 1.53 bits per heavy atom. The number of hydrogen-bond donors (Lipinski definition) is 1. The van der Waals surface area contributed by atoms with Gasteiger partial charge in [-0.05, 0) is 40.5 Å². The summed E-state index contributed by atoms with van der Waals surface area (Å²) in [7, 11) is 0. The first-order valence-electron chi connectivity index (χ1n) is 5.92.